The lowest BCUT2D eigenvalue weighted by Gasteiger charge is -2.05. The van der Waals surface area contributed by atoms with Crippen molar-refractivity contribution in [3.8, 4) is 5.13 Å². The maximum absolute atomic E-state index is 12.8. The van der Waals surface area contributed by atoms with Crippen LogP contribution >= 0.6 is 34.4 Å². The number of Topliss-reactive ketones (excluding diaryl/α,β-unsaturated/α-hetero) is 1. The first-order chi connectivity index (χ1) is 12.1. The van der Waals surface area contributed by atoms with Crippen LogP contribution in [0, 0.1) is 13.8 Å². The van der Waals surface area contributed by atoms with E-state index in [1.807, 2.05) is 41.3 Å². The average molecular weight is 387 g/mol. The first-order valence-electron chi connectivity index (χ1n) is 7.58. The predicted octanol–water partition coefficient (Wildman–Crippen LogP) is 4.53. The van der Waals surface area contributed by atoms with Crippen molar-refractivity contribution >= 4 is 50.4 Å². The number of carbonyl (C=O) groups excluding carboxylic acids is 1. The van der Waals surface area contributed by atoms with Gasteiger partial charge in [-0.3, -0.25) is 9.36 Å². The fourth-order valence-electron chi connectivity index (χ4n) is 2.76. The van der Waals surface area contributed by atoms with Crippen molar-refractivity contribution in [1.82, 2.24) is 19.5 Å². The highest BCUT2D eigenvalue weighted by molar-refractivity contribution is 8.00. The van der Waals surface area contributed by atoms with Gasteiger partial charge < -0.3 is 0 Å². The molecule has 5 nitrogen and oxygen atoms in total. The molecular formula is C17H14N4OS3. The van der Waals surface area contributed by atoms with E-state index < -0.39 is 0 Å². The van der Waals surface area contributed by atoms with Crippen molar-refractivity contribution in [2.75, 3.05) is 5.75 Å². The summed E-state index contributed by atoms with van der Waals surface area (Å²) in [6, 6.07) is 3.95. The summed E-state index contributed by atoms with van der Waals surface area (Å²) in [7, 11) is 0. The molecule has 4 heterocycles. The highest BCUT2D eigenvalue weighted by atomic mass is 32.2. The molecule has 0 amide bonds. The third-order valence-corrected chi connectivity index (χ3v) is 6.49. The number of aromatic nitrogens is 4. The van der Waals surface area contributed by atoms with Crippen LogP contribution in [0.25, 0.3) is 15.3 Å². The Morgan fingerprint density at radius 1 is 1.20 bits per heavy atom. The van der Waals surface area contributed by atoms with Crippen LogP contribution in [0.2, 0.25) is 0 Å². The molecule has 0 aliphatic rings. The molecular weight excluding hydrogens is 372 g/mol. The molecule has 0 spiro atoms. The zero-order valence-electron chi connectivity index (χ0n) is 13.6. The number of thioether (sulfide) groups is 1. The lowest BCUT2D eigenvalue weighted by Crippen LogP contribution is -2.05. The molecule has 0 saturated heterocycles. The fraction of sp³-hybridized carbons (Fsp3) is 0.176. The summed E-state index contributed by atoms with van der Waals surface area (Å²) >= 11 is 4.60. The van der Waals surface area contributed by atoms with Crippen LogP contribution in [-0.2, 0) is 0 Å². The van der Waals surface area contributed by atoms with E-state index in [0.717, 1.165) is 37.3 Å². The molecule has 0 bridgehead atoms. The number of hydrogen-bond acceptors (Lipinski definition) is 7. The van der Waals surface area contributed by atoms with Gasteiger partial charge in [0, 0.05) is 33.9 Å². The number of rotatable bonds is 5. The van der Waals surface area contributed by atoms with E-state index in [-0.39, 0.29) is 5.78 Å². The number of thiazole rings is 1. The van der Waals surface area contributed by atoms with Crippen molar-refractivity contribution in [3.05, 3.63) is 52.4 Å². The van der Waals surface area contributed by atoms with Crippen molar-refractivity contribution in [3.63, 3.8) is 0 Å². The molecule has 0 fully saturated rings. The van der Waals surface area contributed by atoms with Gasteiger partial charge in [-0.2, -0.15) is 0 Å². The minimum atomic E-state index is 0.0999. The molecule has 4 aromatic heterocycles. The molecule has 4 rings (SSSR count). The molecule has 8 heteroatoms. The molecule has 0 aliphatic carbocycles. The maximum atomic E-state index is 12.8. The molecule has 126 valence electrons. The van der Waals surface area contributed by atoms with Gasteiger partial charge in [-0.05, 0) is 31.4 Å². The molecule has 0 saturated carbocycles. The average Bonchev–Trinajstić information content (AvgIpc) is 3.33. The van der Waals surface area contributed by atoms with Crippen LogP contribution in [0.15, 0.2) is 40.4 Å². The molecule has 0 unspecified atom stereocenters. The second-order valence-electron chi connectivity index (χ2n) is 5.46. The summed E-state index contributed by atoms with van der Waals surface area (Å²) in [5, 5.41) is 6.68. The van der Waals surface area contributed by atoms with Gasteiger partial charge in [0.15, 0.2) is 10.9 Å². The SMILES string of the molecule is Cc1cc(C(=O)CSc2ncnc3sccc23)c(C)n1-c1nccs1. The van der Waals surface area contributed by atoms with E-state index in [2.05, 4.69) is 15.0 Å². The fourth-order valence-corrected chi connectivity index (χ4v) is 5.17. The highest BCUT2D eigenvalue weighted by Crippen LogP contribution is 2.29. The second kappa shape index (κ2) is 6.70. The van der Waals surface area contributed by atoms with Crippen LogP contribution in [0.3, 0.4) is 0 Å². The molecule has 4 aromatic rings. The zero-order chi connectivity index (χ0) is 17.4. The first kappa shape index (κ1) is 16.4. The summed E-state index contributed by atoms with van der Waals surface area (Å²) < 4.78 is 2.03. The van der Waals surface area contributed by atoms with Gasteiger partial charge in [-0.1, -0.05) is 11.8 Å². The van der Waals surface area contributed by atoms with Crippen molar-refractivity contribution in [1.29, 1.82) is 0 Å². The quantitative estimate of drug-likeness (QED) is 0.286. The number of nitrogens with zero attached hydrogens (tertiary/aromatic N) is 4. The van der Waals surface area contributed by atoms with Crippen LogP contribution in [0.1, 0.15) is 21.7 Å². The zero-order valence-corrected chi connectivity index (χ0v) is 16.0. The smallest absolute Gasteiger partial charge is 0.193 e. The van der Waals surface area contributed by atoms with E-state index in [1.54, 1.807) is 35.2 Å². The third kappa shape index (κ3) is 3.01. The largest absolute Gasteiger partial charge is 0.294 e. The highest BCUT2D eigenvalue weighted by Gasteiger charge is 2.18. The lowest BCUT2D eigenvalue weighted by atomic mass is 10.2. The van der Waals surface area contributed by atoms with Crippen LogP contribution < -0.4 is 0 Å². The van der Waals surface area contributed by atoms with Crippen molar-refractivity contribution < 1.29 is 4.79 Å². The van der Waals surface area contributed by atoms with Crippen LogP contribution in [0.5, 0.6) is 0 Å². The first-order valence-corrected chi connectivity index (χ1v) is 10.3. The summed E-state index contributed by atoms with van der Waals surface area (Å²) in [5.41, 5.74) is 2.69. The Labute approximate surface area is 156 Å². The van der Waals surface area contributed by atoms with Crippen molar-refractivity contribution in [2.24, 2.45) is 0 Å². The van der Waals surface area contributed by atoms with Gasteiger partial charge in [0.1, 0.15) is 16.2 Å². The topological polar surface area (TPSA) is 60.7 Å². The van der Waals surface area contributed by atoms with E-state index >= 15 is 0 Å². The number of aryl methyl sites for hydroxylation is 1. The standard InChI is InChI=1S/C17H14N4OS3/c1-10-7-13(11(2)21(10)17-18-4-6-24-17)14(22)8-25-16-12-3-5-23-15(12)19-9-20-16/h3-7,9H,8H2,1-2H3. The maximum Gasteiger partial charge on any atom is 0.193 e. The molecule has 0 N–H and O–H groups in total. The van der Waals surface area contributed by atoms with E-state index in [4.69, 9.17) is 0 Å². The minimum absolute atomic E-state index is 0.0999. The Bertz CT molecular complexity index is 1050. The number of hydrogen-bond donors (Lipinski definition) is 0. The minimum Gasteiger partial charge on any atom is -0.294 e. The van der Waals surface area contributed by atoms with Gasteiger partial charge in [0.25, 0.3) is 0 Å². The normalized spacial score (nSPS) is 11.3. The van der Waals surface area contributed by atoms with E-state index in [9.17, 15) is 4.79 Å². The molecule has 0 aromatic carbocycles. The summed E-state index contributed by atoms with van der Waals surface area (Å²) in [6.07, 6.45) is 3.33. The van der Waals surface area contributed by atoms with Gasteiger partial charge >= 0.3 is 0 Å². The van der Waals surface area contributed by atoms with Gasteiger partial charge in [0.2, 0.25) is 0 Å². The van der Waals surface area contributed by atoms with Gasteiger partial charge in [-0.25, -0.2) is 15.0 Å². The van der Waals surface area contributed by atoms with Gasteiger partial charge in [-0.15, -0.1) is 22.7 Å². The van der Waals surface area contributed by atoms with E-state index in [0.29, 0.717) is 5.75 Å². The Hall–Kier alpha value is -2.03. The Kier molecular flexibility index (Phi) is 4.41. The third-order valence-electron chi connectivity index (χ3n) is 3.91. The summed E-state index contributed by atoms with van der Waals surface area (Å²) in [6.45, 7) is 3.96. The molecule has 25 heavy (non-hydrogen) atoms. The number of carbonyl (C=O) groups is 1. The molecule has 0 radical (unpaired) electrons. The monoisotopic (exact) mass is 386 g/mol. The second-order valence-corrected chi connectivity index (χ2v) is 8.20. The summed E-state index contributed by atoms with van der Waals surface area (Å²) in [4.78, 5) is 26.6. The van der Waals surface area contributed by atoms with Gasteiger partial charge in [0.05, 0.1) is 5.75 Å². The van der Waals surface area contributed by atoms with E-state index in [1.165, 1.54) is 11.8 Å². The van der Waals surface area contributed by atoms with Crippen LogP contribution in [-0.4, -0.2) is 31.1 Å². The Balaban J connectivity index is 1.58. The number of fused-ring (bicyclic) bond motifs is 1. The number of ketones is 1. The predicted molar refractivity (Wildman–Crippen MR) is 103 cm³/mol. The Morgan fingerprint density at radius 3 is 2.88 bits per heavy atom. The van der Waals surface area contributed by atoms with Crippen LogP contribution in [0.4, 0.5) is 0 Å². The number of thiophene rings is 1. The Morgan fingerprint density at radius 2 is 2.08 bits per heavy atom. The summed E-state index contributed by atoms with van der Waals surface area (Å²) in [5.74, 6) is 0.451. The lowest BCUT2D eigenvalue weighted by molar-refractivity contribution is 0.102. The van der Waals surface area contributed by atoms with Crippen molar-refractivity contribution in [2.45, 2.75) is 18.9 Å². The molecule has 0 aliphatic heterocycles. The molecule has 0 atom stereocenters.